The molecule has 0 radical (unpaired) electrons. The van der Waals surface area contributed by atoms with Crippen molar-refractivity contribution in [2.24, 2.45) is 17.1 Å². The fourth-order valence-electron chi connectivity index (χ4n) is 2.43. The first-order valence-electron chi connectivity index (χ1n) is 4.57. The molecule has 0 aromatic heterocycles. The van der Waals surface area contributed by atoms with E-state index in [-0.39, 0.29) is 12.4 Å². The van der Waals surface area contributed by atoms with Crippen LogP contribution in [0.15, 0.2) is 0 Å². The Labute approximate surface area is 75.1 Å². The third-order valence-electron chi connectivity index (χ3n) is 3.73. The molecule has 0 unspecified atom stereocenters. The van der Waals surface area contributed by atoms with E-state index < -0.39 is 0 Å². The summed E-state index contributed by atoms with van der Waals surface area (Å²) < 4.78 is 0. The van der Waals surface area contributed by atoms with Crippen molar-refractivity contribution in [3.05, 3.63) is 0 Å². The molecule has 0 saturated heterocycles. The van der Waals surface area contributed by atoms with E-state index in [0.717, 1.165) is 12.5 Å². The molecule has 2 fully saturated rings. The molecular weight excluding hydrogens is 158 g/mol. The molecule has 0 bridgehead atoms. The Balaban J connectivity index is 0.000000605. The van der Waals surface area contributed by atoms with Gasteiger partial charge < -0.3 is 5.73 Å². The second kappa shape index (κ2) is 3.32. The van der Waals surface area contributed by atoms with E-state index in [0.29, 0.717) is 5.41 Å². The minimum atomic E-state index is 0. The molecule has 2 rings (SSSR count). The Morgan fingerprint density at radius 2 is 1.82 bits per heavy atom. The third-order valence-corrected chi connectivity index (χ3v) is 3.73. The SMILES string of the molecule is Cl.NCC1(C2CCC2)CCC1. The van der Waals surface area contributed by atoms with Crippen LogP contribution < -0.4 is 5.73 Å². The summed E-state index contributed by atoms with van der Waals surface area (Å²) in [5.74, 6) is 1.02. The molecule has 0 aromatic rings. The fraction of sp³-hybridized carbons (Fsp3) is 1.00. The van der Waals surface area contributed by atoms with Crippen LogP contribution in [0.3, 0.4) is 0 Å². The molecule has 0 heterocycles. The van der Waals surface area contributed by atoms with Crippen LogP contribution in [0.1, 0.15) is 38.5 Å². The lowest BCUT2D eigenvalue weighted by atomic mass is 9.55. The van der Waals surface area contributed by atoms with Crippen molar-refractivity contribution in [2.45, 2.75) is 38.5 Å². The average Bonchev–Trinajstić information content (AvgIpc) is 1.73. The molecule has 11 heavy (non-hydrogen) atoms. The van der Waals surface area contributed by atoms with Crippen LogP contribution >= 0.6 is 12.4 Å². The highest BCUT2D eigenvalue weighted by molar-refractivity contribution is 5.85. The molecule has 0 amide bonds. The van der Waals surface area contributed by atoms with Gasteiger partial charge in [0.25, 0.3) is 0 Å². The van der Waals surface area contributed by atoms with Crippen molar-refractivity contribution < 1.29 is 0 Å². The lowest BCUT2D eigenvalue weighted by molar-refractivity contribution is 0.0111. The largest absolute Gasteiger partial charge is 0.330 e. The van der Waals surface area contributed by atoms with Gasteiger partial charge in [0, 0.05) is 0 Å². The zero-order valence-corrected chi connectivity index (χ0v) is 7.83. The summed E-state index contributed by atoms with van der Waals surface area (Å²) in [6.45, 7) is 0.956. The van der Waals surface area contributed by atoms with Crippen LogP contribution in [0.4, 0.5) is 0 Å². The quantitative estimate of drug-likeness (QED) is 0.685. The van der Waals surface area contributed by atoms with Crippen molar-refractivity contribution in [3.63, 3.8) is 0 Å². The molecule has 0 aromatic carbocycles. The minimum absolute atomic E-state index is 0. The Morgan fingerprint density at radius 3 is 1.91 bits per heavy atom. The lowest BCUT2D eigenvalue weighted by Crippen LogP contribution is -2.46. The Hall–Kier alpha value is 0.250. The minimum Gasteiger partial charge on any atom is -0.330 e. The maximum absolute atomic E-state index is 5.78. The number of rotatable bonds is 2. The van der Waals surface area contributed by atoms with Gasteiger partial charge in [-0.1, -0.05) is 12.8 Å². The maximum Gasteiger partial charge on any atom is -0.00179 e. The van der Waals surface area contributed by atoms with Gasteiger partial charge in [-0.05, 0) is 43.6 Å². The predicted octanol–water partition coefficient (Wildman–Crippen LogP) is 2.34. The zero-order chi connectivity index (χ0) is 7.03. The zero-order valence-electron chi connectivity index (χ0n) is 7.01. The van der Waals surface area contributed by atoms with Crippen LogP contribution in [0.5, 0.6) is 0 Å². The summed E-state index contributed by atoms with van der Waals surface area (Å²) in [6, 6.07) is 0. The molecule has 66 valence electrons. The standard InChI is InChI=1S/C9H17N.ClH/c10-7-9(5-2-6-9)8-3-1-4-8;/h8H,1-7,10H2;1H. The average molecular weight is 176 g/mol. The molecular formula is C9H18ClN. The highest BCUT2D eigenvalue weighted by Crippen LogP contribution is 2.53. The molecule has 2 aliphatic rings. The van der Waals surface area contributed by atoms with E-state index >= 15 is 0 Å². The van der Waals surface area contributed by atoms with Crippen molar-refractivity contribution in [1.82, 2.24) is 0 Å². The molecule has 0 aliphatic heterocycles. The number of hydrogen-bond donors (Lipinski definition) is 1. The second-order valence-electron chi connectivity index (χ2n) is 4.05. The summed E-state index contributed by atoms with van der Waals surface area (Å²) in [7, 11) is 0. The smallest absolute Gasteiger partial charge is 0.00179 e. The molecule has 0 atom stereocenters. The molecule has 2 saturated carbocycles. The van der Waals surface area contributed by atoms with Crippen molar-refractivity contribution in [3.8, 4) is 0 Å². The van der Waals surface area contributed by atoms with Crippen LogP contribution in [-0.2, 0) is 0 Å². The van der Waals surface area contributed by atoms with Crippen LogP contribution in [0.25, 0.3) is 0 Å². The number of hydrogen-bond acceptors (Lipinski definition) is 1. The number of nitrogens with two attached hydrogens (primary N) is 1. The number of halogens is 1. The summed E-state index contributed by atoms with van der Waals surface area (Å²) in [5, 5.41) is 0. The van der Waals surface area contributed by atoms with E-state index in [9.17, 15) is 0 Å². The Kier molecular flexibility index (Phi) is 2.82. The van der Waals surface area contributed by atoms with Gasteiger partial charge in [-0.2, -0.15) is 0 Å². The maximum atomic E-state index is 5.78. The van der Waals surface area contributed by atoms with E-state index in [1.807, 2.05) is 0 Å². The molecule has 2 N–H and O–H groups in total. The lowest BCUT2D eigenvalue weighted by Gasteiger charge is -2.51. The van der Waals surface area contributed by atoms with Crippen LogP contribution in [0.2, 0.25) is 0 Å². The third kappa shape index (κ3) is 1.29. The molecule has 1 nitrogen and oxygen atoms in total. The van der Waals surface area contributed by atoms with Crippen LogP contribution in [-0.4, -0.2) is 6.54 Å². The summed E-state index contributed by atoms with van der Waals surface area (Å²) in [4.78, 5) is 0. The summed E-state index contributed by atoms with van der Waals surface area (Å²) in [5.41, 5.74) is 6.42. The summed E-state index contributed by atoms with van der Waals surface area (Å²) >= 11 is 0. The molecule has 2 aliphatic carbocycles. The topological polar surface area (TPSA) is 26.0 Å². The second-order valence-corrected chi connectivity index (χ2v) is 4.05. The van der Waals surface area contributed by atoms with Gasteiger partial charge in [0.15, 0.2) is 0 Å². The van der Waals surface area contributed by atoms with Gasteiger partial charge in [0.1, 0.15) is 0 Å². The van der Waals surface area contributed by atoms with Gasteiger partial charge in [0.05, 0.1) is 0 Å². The first-order chi connectivity index (χ1) is 4.87. The van der Waals surface area contributed by atoms with Gasteiger partial charge in [-0.3, -0.25) is 0 Å². The highest BCUT2D eigenvalue weighted by Gasteiger charge is 2.44. The highest BCUT2D eigenvalue weighted by atomic mass is 35.5. The van der Waals surface area contributed by atoms with Gasteiger partial charge >= 0.3 is 0 Å². The van der Waals surface area contributed by atoms with E-state index in [1.54, 1.807) is 0 Å². The first kappa shape index (κ1) is 9.34. The Morgan fingerprint density at radius 1 is 1.18 bits per heavy atom. The van der Waals surface area contributed by atoms with Crippen molar-refractivity contribution in [1.29, 1.82) is 0 Å². The molecule has 0 spiro atoms. The van der Waals surface area contributed by atoms with Gasteiger partial charge in [0.2, 0.25) is 0 Å². The van der Waals surface area contributed by atoms with E-state index in [4.69, 9.17) is 5.73 Å². The van der Waals surface area contributed by atoms with E-state index in [1.165, 1.54) is 38.5 Å². The van der Waals surface area contributed by atoms with Crippen LogP contribution in [0, 0.1) is 11.3 Å². The summed E-state index contributed by atoms with van der Waals surface area (Å²) in [6.07, 6.45) is 8.69. The Bertz CT molecular complexity index is 122. The van der Waals surface area contributed by atoms with Gasteiger partial charge in [-0.15, -0.1) is 12.4 Å². The first-order valence-corrected chi connectivity index (χ1v) is 4.57. The van der Waals surface area contributed by atoms with E-state index in [2.05, 4.69) is 0 Å². The van der Waals surface area contributed by atoms with Gasteiger partial charge in [-0.25, -0.2) is 0 Å². The van der Waals surface area contributed by atoms with Crippen molar-refractivity contribution >= 4 is 12.4 Å². The molecule has 2 heteroatoms. The predicted molar refractivity (Wildman–Crippen MR) is 49.9 cm³/mol. The normalized spacial score (nSPS) is 28.1. The fourth-order valence-corrected chi connectivity index (χ4v) is 2.43. The monoisotopic (exact) mass is 175 g/mol. The van der Waals surface area contributed by atoms with Crippen molar-refractivity contribution in [2.75, 3.05) is 6.54 Å².